The number of nitrogens with zero attached hydrogens (tertiary/aromatic N) is 2. The van der Waals surface area contributed by atoms with Crippen LogP contribution in [-0.4, -0.2) is 21.9 Å². The summed E-state index contributed by atoms with van der Waals surface area (Å²) in [5.74, 6) is 0.376. The summed E-state index contributed by atoms with van der Waals surface area (Å²) in [4.78, 5) is 17.5. The lowest BCUT2D eigenvalue weighted by atomic mass is 10.1. The summed E-state index contributed by atoms with van der Waals surface area (Å²) in [6.45, 7) is 4.44. The molecule has 0 saturated heterocycles. The normalized spacial score (nSPS) is 10.8. The molecule has 4 aromatic rings. The largest absolute Gasteiger partial charge is 0.493 e. The van der Waals surface area contributed by atoms with Crippen LogP contribution < -0.4 is 10.1 Å². The molecule has 0 unspecified atom stereocenters. The Balaban J connectivity index is 1.62. The van der Waals surface area contributed by atoms with Crippen molar-refractivity contribution in [1.82, 2.24) is 9.38 Å². The van der Waals surface area contributed by atoms with Gasteiger partial charge in [0.2, 0.25) is 0 Å². The lowest BCUT2D eigenvalue weighted by Gasteiger charge is -2.11. The van der Waals surface area contributed by atoms with Crippen molar-refractivity contribution < 1.29 is 9.53 Å². The van der Waals surface area contributed by atoms with Crippen LogP contribution in [0.25, 0.3) is 16.9 Å². The van der Waals surface area contributed by atoms with E-state index < -0.39 is 0 Å². The molecule has 4 rings (SSSR count). The predicted molar refractivity (Wildman–Crippen MR) is 111 cm³/mol. The number of carbonyl (C=O) groups excluding carboxylic acids is 1. The summed E-state index contributed by atoms with van der Waals surface area (Å²) in [5.41, 5.74) is 5.07. The van der Waals surface area contributed by atoms with Crippen LogP contribution in [0.15, 0.2) is 73.1 Å². The quantitative estimate of drug-likeness (QED) is 0.539. The molecule has 2 aromatic carbocycles. The second kappa shape index (κ2) is 7.56. The topological polar surface area (TPSA) is 55.6 Å². The molecule has 0 aliphatic rings. The van der Waals surface area contributed by atoms with Crippen molar-refractivity contribution in [3.05, 3.63) is 84.2 Å². The SMILES string of the molecule is CCOc1ccccc1C(=O)Nc1cccc(-c2cn3cccc(C)c3n2)c1. The number of imidazole rings is 1. The first kappa shape index (κ1) is 17.8. The minimum Gasteiger partial charge on any atom is -0.493 e. The Morgan fingerprint density at radius 1 is 1.11 bits per heavy atom. The number of para-hydroxylation sites is 1. The maximum Gasteiger partial charge on any atom is 0.259 e. The first-order valence-electron chi connectivity index (χ1n) is 9.23. The van der Waals surface area contributed by atoms with E-state index in [1.807, 2.05) is 79.2 Å². The molecule has 0 spiro atoms. The van der Waals surface area contributed by atoms with Gasteiger partial charge >= 0.3 is 0 Å². The highest BCUT2D eigenvalue weighted by molar-refractivity contribution is 6.06. The number of benzene rings is 2. The fourth-order valence-electron chi connectivity index (χ4n) is 3.18. The first-order chi connectivity index (χ1) is 13.7. The van der Waals surface area contributed by atoms with Crippen molar-refractivity contribution in [2.45, 2.75) is 13.8 Å². The molecule has 0 aliphatic heterocycles. The number of amides is 1. The highest BCUT2D eigenvalue weighted by Crippen LogP contribution is 2.25. The molecule has 140 valence electrons. The third-order valence-electron chi connectivity index (χ3n) is 4.53. The van der Waals surface area contributed by atoms with Gasteiger partial charge in [0.05, 0.1) is 17.9 Å². The number of anilines is 1. The number of rotatable bonds is 5. The van der Waals surface area contributed by atoms with Gasteiger partial charge in [-0.2, -0.15) is 0 Å². The molecule has 0 fully saturated rings. The van der Waals surface area contributed by atoms with E-state index in [0.717, 1.165) is 22.5 Å². The van der Waals surface area contributed by atoms with Crippen molar-refractivity contribution in [3.8, 4) is 17.0 Å². The molecular formula is C23H21N3O2. The molecule has 1 amide bonds. The van der Waals surface area contributed by atoms with E-state index in [1.54, 1.807) is 12.1 Å². The average molecular weight is 371 g/mol. The smallest absolute Gasteiger partial charge is 0.259 e. The van der Waals surface area contributed by atoms with Crippen molar-refractivity contribution in [2.24, 2.45) is 0 Å². The number of aryl methyl sites for hydroxylation is 1. The second-order valence-corrected chi connectivity index (χ2v) is 6.51. The number of carbonyl (C=O) groups is 1. The number of fused-ring (bicyclic) bond motifs is 1. The summed E-state index contributed by atoms with van der Waals surface area (Å²) in [5, 5.41) is 2.96. The lowest BCUT2D eigenvalue weighted by molar-refractivity contribution is 0.102. The van der Waals surface area contributed by atoms with Crippen LogP contribution in [0.1, 0.15) is 22.8 Å². The van der Waals surface area contributed by atoms with Gasteiger partial charge in [-0.25, -0.2) is 4.98 Å². The zero-order valence-corrected chi connectivity index (χ0v) is 15.8. The van der Waals surface area contributed by atoms with E-state index in [0.29, 0.717) is 23.6 Å². The van der Waals surface area contributed by atoms with Gasteiger partial charge in [0.15, 0.2) is 0 Å². The van der Waals surface area contributed by atoms with Crippen molar-refractivity contribution >= 4 is 17.2 Å². The number of nitrogens with one attached hydrogen (secondary N) is 1. The fourth-order valence-corrected chi connectivity index (χ4v) is 3.18. The van der Waals surface area contributed by atoms with E-state index in [-0.39, 0.29) is 5.91 Å². The van der Waals surface area contributed by atoms with Gasteiger partial charge in [-0.05, 0) is 49.7 Å². The molecule has 1 N–H and O–H groups in total. The zero-order chi connectivity index (χ0) is 19.5. The Morgan fingerprint density at radius 3 is 2.79 bits per heavy atom. The maximum atomic E-state index is 12.7. The summed E-state index contributed by atoms with van der Waals surface area (Å²) in [6.07, 6.45) is 3.97. The highest BCUT2D eigenvalue weighted by atomic mass is 16.5. The molecule has 5 nitrogen and oxygen atoms in total. The van der Waals surface area contributed by atoms with Crippen LogP contribution in [0.3, 0.4) is 0 Å². The summed E-state index contributed by atoms with van der Waals surface area (Å²) >= 11 is 0. The third kappa shape index (κ3) is 3.47. The van der Waals surface area contributed by atoms with Gasteiger partial charge in [-0.15, -0.1) is 0 Å². The Bertz CT molecular complexity index is 1150. The molecule has 0 saturated carbocycles. The minimum absolute atomic E-state index is 0.202. The van der Waals surface area contributed by atoms with Gasteiger partial charge in [0.25, 0.3) is 5.91 Å². The molecule has 0 bridgehead atoms. The Hall–Kier alpha value is -3.60. The molecule has 2 heterocycles. The minimum atomic E-state index is -0.202. The average Bonchev–Trinajstić information content (AvgIpc) is 3.15. The van der Waals surface area contributed by atoms with Gasteiger partial charge in [0.1, 0.15) is 11.4 Å². The van der Waals surface area contributed by atoms with E-state index in [9.17, 15) is 4.79 Å². The molecule has 0 radical (unpaired) electrons. The van der Waals surface area contributed by atoms with Crippen molar-refractivity contribution in [3.63, 3.8) is 0 Å². The van der Waals surface area contributed by atoms with Gasteiger partial charge < -0.3 is 14.5 Å². The Kier molecular flexibility index (Phi) is 4.81. The van der Waals surface area contributed by atoms with Crippen LogP contribution in [0.5, 0.6) is 5.75 Å². The van der Waals surface area contributed by atoms with Crippen molar-refractivity contribution in [2.75, 3.05) is 11.9 Å². The lowest BCUT2D eigenvalue weighted by Crippen LogP contribution is -2.13. The Morgan fingerprint density at radius 2 is 1.96 bits per heavy atom. The second-order valence-electron chi connectivity index (χ2n) is 6.51. The molecule has 5 heteroatoms. The van der Waals surface area contributed by atoms with Gasteiger partial charge in [-0.3, -0.25) is 4.79 Å². The molecule has 0 atom stereocenters. The van der Waals surface area contributed by atoms with Gasteiger partial charge in [0, 0.05) is 23.6 Å². The van der Waals surface area contributed by atoms with Crippen LogP contribution in [0.2, 0.25) is 0 Å². The maximum absolute atomic E-state index is 12.7. The monoisotopic (exact) mass is 371 g/mol. The van der Waals surface area contributed by atoms with Crippen molar-refractivity contribution in [1.29, 1.82) is 0 Å². The molecular weight excluding hydrogens is 350 g/mol. The number of hydrogen-bond donors (Lipinski definition) is 1. The van der Waals surface area contributed by atoms with Crippen LogP contribution >= 0.6 is 0 Å². The van der Waals surface area contributed by atoms with Gasteiger partial charge in [-0.1, -0.05) is 30.3 Å². The number of ether oxygens (including phenoxy) is 1. The van der Waals surface area contributed by atoms with Crippen LogP contribution in [0.4, 0.5) is 5.69 Å². The summed E-state index contributed by atoms with van der Waals surface area (Å²) in [7, 11) is 0. The van der Waals surface area contributed by atoms with E-state index in [1.165, 1.54) is 0 Å². The number of hydrogen-bond acceptors (Lipinski definition) is 3. The fraction of sp³-hybridized carbons (Fsp3) is 0.130. The van der Waals surface area contributed by atoms with E-state index in [2.05, 4.69) is 5.32 Å². The third-order valence-corrected chi connectivity index (χ3v) is 4.53. The van der Waals surface area contributed by atoms with E-state index >= 15 is 0 Å². The Labute approximate surface area is 163 Å². The number of aromatic nitrogens is 2. The molecule has 2 aromatic heterocycles. The number of pyridine rings is 1. The van der Waals surface area contributed by atoms with Crippen LogP contribution in [0, 0.1) is 6.92 Å². The summed E-state index contributed by atoms with van der Waals surface area (Å²) in [6, 6.07) is 19.0. The zero-order valence-electron chi connectivity index (χ0n) is 15.8. The first-order valence-corrected chi connectivity index (χ1v) is 9.23. The summed E-state index contributed by atoms with van der Waals surface area (Å²) < 4.78 is 7.57. The van der Waals surface area contributed by atoms with E-state index in [4.69, 9.17) is 9.72 Å². The molecule has 0 aliphatic carbocycles. The standard InChI is InChI=1S/C23H21N3O2/c1-3-28-21-12-5-4-11-19(21)23(27)24-18-10-6-9-17(14-18)20-15-26-13-7-8-16(2)22(26)25-20/h4-15H,3H2,1-2H3,(H,24,27). The predicted octanol–water partition coefficient (Wildman–Crippen LogP) is 4.96. The molecule has 28 heavy (non-hydrogen) atoms. The van der Waals surface area contributed by atoms with Crippen LogP contribution in [-0.2, 0) is 0 Å². The highest BCUT2D eigenvalue weighted by Gasteiger charge is 2.13.